The number of aromatic nitrogens is 4. The predicted molar refractivity (Wildman–Crippen MR) is 240 cm³/mol. The van der Waals surface area contributed by atoms with Crippen LogP contribution in [-0.2, 0) is 0 Å². The van der Waals surface area contributed by atoms with Crippen LogP contribution in [0.5, 0.6) is 0 Å². The minimum Gasteiger partial charge on any atom is -0.456 e. The highest BCUT2D eigenvalue weighted by atomic mass is 16.3. The first-order valence-electron chi connectivity index (χ1n) is 19.8. The van der Waals surface area contributed by atoms with Crippen molar-refractivity contribution in [1.82, 2.24) is 19.5 Å². The van der Waals surface area contributed by atoms with E-state index in [1.54, 1.807) is 0 Å². The molecule has 0 saturated heterocycles. The van der Waals surface area contributed by atoms with Crippen LogP contribution in [0.25, 0.3) is 127 Å². The molecule has 6 nitrogen and oxygen atoms in total. The van der Waals surface area contributed by atoms with Gasteiger partial charge >= 0.3 is 0 Å². The smallest absolute Gasteiger partial charge is 0.164 e. The van der Waals surface area contributed by atoms with E-state index >= 15 is 0 Å². The normalized spacial score (nSPS) is 12.1. The quantitative estimate of drug-likeness (QED) is 0.167. The molecule has 0 aliphatic carbocycles. The van der Waals surface area contributed by atoms with E-state index in [-0.39, 0.29) is 0 Å². The zero-order valence-electron chi connectivity index (χ0n) is 31.4. The number of benzene rings is 9. The van der Waals surface area contributed by atoms with Gasteiger partial charge in [0.15, 0.2) is 17.5 Å². The van der Waals surface area contributed by atoms with Crippen LogP contribution in [0.4, 0.5) is 0 Å². The summed E-state index contributed by atoms with van der Waals surface area (Å²) in [6.07, 6.45) is 0. The van der Waals surface area contributed by atoms with Gasteiger partial charge in [0.25, 0.3) is 0 Å². The first-order valence-corrected chi connectivity index (χ1v) is 19.8. The molecule has 0 fully saturated rings. The number of nitrogens with zero attached hydrogens (tertiary/aromatic N) is 4. The molecule has 0 radical (unpaired) electrons. The average molecular weight is 755 g/mol. The third-order valence-electron chi connectivity index (χ3n) is 11.8. The maximum atomic E-state index is 6.34. The summed E-state index contributed by atoms with van der Waals surface area (Å²) in [5.74, 6) is 1.69. The number of rotatable bonds is 4. The Morgan fingerprint density at radius 1 is 0.339 bits per heavy atom. The summed E-state index contributed by atoms with van der Waals surface area (Å²) >= 11 is 0. The lowest BCUT2D eigenvalue weighted by Gasteiger charge is -2.15. The monoisotopic (exact) mass is 754 g/mol. The Kier molecular flexibility index (Phi) is 6.63. The van der Waals surface area contributed by atoms with E-state index in [2.05, 4.69) is 132 Å². The molecule has 13 rings (SSSR count). The van der Waals surface area contributed by atoms with Crippen molar-refractivity contribution in [1.29, 1.82) is 0 Å². The average Bonchev–Trinajstić information content (AvgIpc) is 3.97. The lowest BCUT2D eigenvalue weighted by molar-refractivity contribution is 0.668. The Morgan fingerprint density at radius 3 is 1.73 bits per heavy atom. The van der Waals surface area contributed by atoms with Crippen molar-refractivity contribution >= 4 is 87.2 Å². The summed E-state index contributed by atoms with van der Waals surface area (Å²) in [4.78, 5) is 15.7. The second-order valence-electron chi connectivity index (χ2n) is 15.1. The van der Waals surface area contributed by atoms with Crippen molar-refractivity contribution in [2.45, 2.75) is 0 Å². The molecule has 6 heteroatoms. The third-order valence-corrected chi connectivity index (χ3v) is 11.8. The minimum absolute atomic E-state index is 0.554. The second-order valence-corrected chi connectivity index (χ2v) is 15.1. The molecule has 0 bridgehead atoms. The Hall–Kier alpha value is -8.09. The Morgan fingerprint density at radius 2 is 0.898 bits per heavy atom. The highest BCUT2D eigenvalue weighted by Gasteiger charge is 2.21. The molecule has 274 valence electrons. The molecule has 0 aliphatic rings. The fraction of sp³-hybridized carbons (Fsp3) is 0. The molecule has 0 saturated carbocycles. The molecule has 0 atom stereocenters. The minimum atomic E-state index is 0.554. The van der Waals surface area contributed by atoms with Crippen molar-refractivity contribution in [2.75, 3.05) is 0 Å². The largest absolute Gasteiger partial charge is 0.456 e. The van der Waals surface area contributed by atoms with Crippen molar-refractivity contribution < 1.29 is 8.83 Å². The molecule has 4 heterocycles. The molecule has 4 aromatic heterocycles. The van der Waals surface area contributed by atoms with Gasteiger partial charge in [0.2, 0.25) is 0 Å². The van der Waals surface area contributed by atoms with Crippen LogP contribution in [0.1, 0.15) is 0 Å². The van der Waals surface area contributed by atoms with Crippen LogP contribution in [0.3, 0.4) is 0 Å². The van der Waals surface area contributed by atoms with Gasteiger partial charge in [0.1, 0.15) is 22.3 Å². The molecular formula is C53H30N4O2. The third kappa shape index (κ3) is 4.77. The van der Waals surface area contributed by atoms with Gasteiger partial charge in [-0.25, -0.2) is 15.0 Å². The summed E-state index contributed by atoms with van der Waals surface area (Å²) in [5, 5.41) is 11.3. The zero-order valence-corrected chi connectivity index (χ0v) is 31.4. The van der Waals surface area contributed by atoms with Crippen LogP contribution in [0.2, 0.25) is 0 Å². The van der Waals surface area contributed by atoms with E-state index in [0.717, 1.165) is 82.7 Å². The van der Waals surface area contributed by atoms with E-state index < -0.39 is 0 Å². The molecule has 0 unspecified atom stereocenters. The van der Waals surface area contributed by atoms with Crippen LogP contribution in [0, 0.1) is 0 Å². The second kappa shape index (κ2) is 12.2. The fourth-order valence-electron chi connectivity index (χ4n) is 9.17. The predicted octanol–water partition coefficient (Wildman–Crippen LogP) is 14.1. The summed E-state index contributed by atoms with van der Waals surface area (Å²) in [6, 6.07) is 63.4. The van der Waals surface area contributed by atoms with Gasteiger partial charge in [-0.2, -0.15) is 0 Å². The SMILES string of the molecule is c1ccc2c(c1)cc(-n1c3ccccc3c3ccc(-c4nc(-c5ccc6c(c5)oc5ccccc56)nc(-c5cccc6oc7ccccc7c56)n4)cc31)c1ccccc12. The Labute approximate surface area is 336 Å². The van der Waals surface area contributed by atoms with Crippen molar-refractivity contribution in [3.8, 4) is 39.9 Å². The summed E-state index contributed by atoms with van der Waals surface area (Å²) < 4.78 is 15.1. The Bertz CT molecular complexity index is 3870. The van der Waals surface area contributed by atoms with Gasteiger partial charge in [-0.05, 0) is 64.7 Å². The first-order chi connectivity index (χ1) is 29.2. The molecular weight excluding hydrogens is 725 g/mol. The van der Waals surface area contributed by atoms with E-state index in [4.69, 9.17) is 23.8 Å². The number of furan rings is 2. The summed E-state index contributed by atoms with van der Waals surface area (Å²) in [7, 11) is 0. The van der Waals surface area contributed by atoms with Crippen LogP contribution in [0.15, 0.2) is 191 Å². The standard InChI is InChI=1S/C53H30N4O2/c1-2-13-34-31(12-1)28-44(36-15-4-3-14-35(34)36)57-43-20-8-5-16-37(43)38-26-24-32(29-45(38)57)51-54-52(33-25-27-40-39-17-6-9-21-46(39)59-49(40)30-33)56-53(55-51)42-19-11-23-48-50(42)41-18-7-10-22-47(41)58-48/h1-30H. The number of hydrogen-bond acceptors (Lipinski definition) is 5. The van der Waals surface area contributed by atoms with Crippen LogP contribution >= 0.6 is 0 Å². The molecule has 0 aliphatic heterocycles. The maximum absolute atomic E-state index is 6.34. The van der Waals surface area contributed by atoms with Gasteiger partial charge in [-0.1, -0.05) is 133 Å². The van der Waals surface area contributed by atoms with Gasteiger partial charge in [0, 0.05) is 54.4 Å². The zero-order chi connectivity index (χ0) is 38.6. The summed E-state index contributed by atoms with van der Waals surface area (Å²) in [5.41, 5.74) is 9.14. The maximum Gasteiger partial charge on any atom is 0.164 e. The van der Waals surface area contributed by atoms with E-state index in [1.165, 1.54) is 26.9 Å². The number of fused-ring (bicyclic) bond motifs is 12. The lowest BCUT2D eigenvalue weighted by Crippen LogP contribution is -2.01. The number of hydrogen-bond donors (Lipinski definition) is 0. The topological polar surface area (TPSA) is 69.9 Å². The van der Waals surface area contributed by atoms with Gasteiger partial charge in [-0.3, -0.25) is 0 Å². The molecule has 0 N–H and O–H groups in total. The van der Waals surface area contributed by atoms with Crippen LogP contribution in [-0.4, -0.2) is 19.5 Å². The molecule has 59 heavy (non-hydrogen) atoms. The number of para-hydroxylation sites is 3. The highest BCUT2D eigenvalue weighted by Crippen LogP contribution is 2.41. The van der Waals surface area contributed by atoms with Gasteiger partial charge in [-0.15, -0.1) is 0 Å². The molecule has 0 amide bonds. The van der Waals surface area contributed by atoms with E-state index in [0.29, 0.717) is 17.5 Å². The van der Waals surface area contributed by atoms with Crippen molar-refractivity contribution in [2.24, 2.45) is 0 Å². The first kappa shape index (κ1) is 32.0. The van der Waals surface area contributed by atoms with Crippen molar-refractivity contribution in [3.05, 3.63) is 182 Å². The van der Waals surface area contributed by atoms with Crippen molar-refractivity contribution in [3.63, 3.8) is 0 Å². The Balaban J connectivity index is 1.08. The van der Waals surface area contributed by atoms with E-state index in [9.17, 15) is 0 Å². The molecule has 0 spiro atoms. The molecule has 9 aromatic carbocycles. The summed E-state index contributed by atoms with van der Waals surface area (Å²) in [6.45, 7) is 0. The molecule has 13 aromatic rings. The highest BCUT2D eigenvalue weighted by molar-refractivity contribution is 6.16. The van der Waals surface area contributed by atoms with Gasteiger partial charge < -0.3 is 13.4 Å². The lowest BCUT2D eigenvalue weighted by atomic mass is 10.00. The van der Waals surface area contributed by atoms with E-state index in [1.807, 2.05) is 54.6 Å². The van der Waals surface area contributed by atoms with Crippen LogP contribution < -0.4 is 0 Å². The van der Waals surface area contributed by atoms with Gasteiger partial charge in [0.05, 0.1) is 16.7 Å². The fourth-order valence-corrected chi connectivity index (χ4v) is 9.17.